The molecule has 1 aromatic carbocycles. The van der Waals surface area contributed by atoms with E-state index in [0.29, 0.717) is 23.4 Å². The molecule has 0 saturated carbocycles. The van der Waals surface area contributed by atoms with E-state index in [2.05, 4.69) is 14.9 Å². The maximum atomic E-state index is 12.7. The average molecular weight is 344 g/mol. The van der Waals surface area contributed by atoms with Gasteiger partial charge < -0.3 is 9.64 Å². The van der Waals surface area contributed by atoms with Crippen molar-refractivity contribution in [3.63, 3.8) is 0 Å². The summed E-state index contributed by atoms with van der Waals surface area (Å²) in [4.78, 5) is 13.6. The third-order valence-electron chi connectivity index (χ3n) is 3.24. The summed E-state index contributed by atoms with van der Waals surface area (Å²) in [5.41, 5.74) is 1.58. The smallest absolute Gasteiger partial charge is 0.387 e. The number of H-pyrrole nitrogens is 1. The monoisotopic (exact) mass is 343 g/mol. The first-order valence-electron chi connectivity index (χ1n) is 6.98. The first kappa shape index (κ1) is 17.2. The molecule has 0 aliphatic rings. The predicted molar refractivity (Wildman–Crippen MR) is 82.9 cm³/mol. The number of carbonyl (C=O) groups excluding carboxylic acids is 1. The quantitative estimate of drug-likeness (QED) is 0.784. The molecule has 0 aliphatic heterocycles. The number of para-hydroxylation sites is 1. The number of aromatic nitrogens is 2. The van der Waals surface area contributed by atoms with Crippen molar-refractivity contribution in [1.82, 2.24) is 10.2 Å². The summed E-state index contributed by atoms with van der Waals surface area (Å²) in [5.74, 6) is -0.764. The molecule has 5 nitrogen and oxygen atoms in total. The maximum absolute atomic E-state index is 12.7. The molecule has 0 spiro atoms. The van der Waals surface area contributed by atoms with Gasteiger partial charge in [-0.15, -0.1) is 11.6 Å². The van der Waals surface area contributed by atoms with Crippen LogP contribution in [0.4, 0.5) is 14.5 Å². The Morgan fingerprint density at radius 1 is 1.43 bits per heavy atom. The predicted octanol–water partition coefficient (Wildman–Crippen LogP) is 3.35. The number of aromatic amines is 1. The van der Waals surface area contributed by atoms with Crippen LogP contribution in [0.2, 0.25) is 0 Å². The second-order valence-corrected chi connectivity index (χ2v) is 4.94. The minimum atomic E-state index is -2.99. The van der Waals surface area contributed by atoms with Gasteiger partial charge in [-0.1, -0.05) is 19.1 Å². The van der Waals surface area contributed by atoms with Gasteiger partial charge in [0.15, 0.2) is 0 Å². The lowest BCUT2D eigenvalue weighted by Gasteiger charge is -2.26. The zero-order valence-electron chi connectivity index (χ0n) is 12.4. The maximum Gasteiger partial charge on any atom is 0.387 e. The number of hydrogen-bond donors (Lipinski definition) is 1. The van der Waals surface area contributed by atoms with Gasteiger partial charge in [-0.2, -0.15) is 13.9 Å². The van der Waals surface area contributed by atoms with Crippen LogP contribution in [0.25, 0.3) is 0 Å². The van der Waals surface area contributed by atoms with Crippen molar-refractivity contribution in [2.45, 2.75) is 26.5 Å². The molecule has 0 saturated heterocycles. The minimum absolute atomic E-state index is 0.0617. The Labute approximate surface area is 137 Å². The van der Waals surface area contributed by atoms with Crippen LogP contribution in [0.3, 0.4) is 0 Å². The van der Waals surface area contributed by atoms with Gasteiger partial charge in [0, 0.05) is 6.20 Å². The fourth-order valence-electron chi connectivity index (χ4n) is 2.26. The number of rotatable bonds is 7. The molecule has 0 unspecified atom stereocenters. The molecule has 0 bridgehead atoms. The Balaban J connectivity index is 2.49. The van der Waals surface area contributed by atoms with Crippen LogP contribution in [0.5, 0.6) is 5.75 Å². The number of carbonyl (C=O) groups is 1. The minimum Gasteiger partial charge on any atom is -0.433 e. The lowest BCUT2D eigenvalue weighted by Crippen LogP contribution is -2.33. The van der Waals surface area contributed by atoms with Crippen molar-refractivity contribution in [3.8, 4) is 5.75 Å². The average Bonchev–Trinajstić information content (AvgIpc) is 3.04. The molecule has 0 fully saturated rings. The number of hydrogen-bond acceptors (Lipinski definition) is 3. The third kappa shape index (κ3) is 4.19. The van der Waals surface area contributed by atoms with Crippen molar-refractivity contribution in [1.29, 1.82) is 0 Å². The largest absolute Gasteiger partial charge is 0.433 e. The van der Waals surface area contributed by atoms with Gasteiger partial charge in [0.2, 0.25) is 5.91 Å². The van der Waals surface area contributed by atoms with Gasteiger partial charge >= 0.3 is 6.61 Å². The molecule has 1 amide bonds. The second-order valence-electron chi connectivity index (χ2n) is 4.68. The zero-order valence-corrected chi connectivity index (χ0v) is 13.2. The first-order chi connectivity index (χ1) is 11.1. The van der Waals surface area contributed by atoms with Crippen molar-refractivity contribution < 1.29 is 18.3 Å². The number of halogens is 3. The van der Waals surface area contributed by atoms with Gasteiger partial charge in [-0.3, -0.25) is 9.89 Å². The summed E-state index contributed by atoms with van der Waals surface area (Å²) < 4.78 is 30.0. The van der Waals surface area contributed by atoms with Crippen molar-refractivity contribution in [2.24, 2.45) is 0 Å². The highest BCUT2D eigenvalue weighted by atomic mass is 35.5. The van der Waals surface area contributed by atoms with Gasteiger partial charge in [0.05, 0.1) is 17.9 Å². The Hall–Kier alpha value is -2.15. The van der Waals surface area contributed by atoms with E-state index in [1.807, 2.05) is 6.92 Å². The van der Waals surface area contributed by atoms with E-state index in [1.54, 1.807) is 24.4 Å². The Bertz CT molecular complexity index is 650. The van der Waals surface area contributed by atoms with Gasteiger partial charge in [0.1, 0.15) is 11.6 Å². The van der Waals surface area contributed by atoms with Crippen molar-refractivity contribution >= 4 is 23.2 Å². The number of anilines is 1. The van der Waals surface area contributed by atoms with Crippen LogP contribution < -0.4 is 9.64 Å². The van der Waals surface area contributed by atoms with E-state index in [1.165, 1.54) is 11.0 Å². The topological polar surface area (TPSA) is 58.2 Å². The number of ether oxygens (including phenoxy) is 1. The number of amides is 1. The molecule has 0 aliphatic carbocycles. The van der Waals surface area contributed by atoms with Crippen molar-refractivity contribution in [2.75, 3.05) is 10.8 Å². The van der Waals surface area contributed by atoms with E-state index >= 15 is 0 Å². The molecule has 2 rings (SSSR count). The summed E-state index contributed by atoms with van der Waals surface area (Å²) in [5, 5.41) is 6.64. The molecule has 0 atom stereocenters. The molecule has 23 heavy (non-hydrogen) atoms. The summed E-state index contributed by atoms with van der Waals surface area (Å²) in [6, 6.07) is 6.46. The second kappa shape index (κ2) is 7.92. The Morgan fingerprint density at radius 2 is 2.22 bits per heavy atom. The molecule has 0 radical (unpaired) electrons. The fraction of sp³-hybridized carbons (Fsp3) is 0.333. The molecule has 124 valence electrons. The zero-order chi connectivity index (χ0) is 16.8. The number of nitrogens with zero attached hydrogens (tertiary/aromatic N) is 2. The molecule has 1 N–H and O–H groups in total. The third-order valence-corrected chi connectivity index (χ3v) is 3.47. The van der Waals surface area contributed by atoms with E-state index < -0.39 is 12.5 Å². The molecule has 2 aromatic rings. The van der Waals surface area contributed by atoms with Crippen LogP contribution in [-0.2, 0) is 17.8 Å². The Morgan fingerprint density at radius 3 is 2.78 bits per heavy atom. The SMILES string of the molecule is CCc1cccc(OC(F)F)c1N(Cc1cc[nH]n1)C(=O)CCl. The molecule has 1 heterocycles. The number of benzene rings is 1. The summed E-state index contributed by atoms with van der Waals surface area (Å²) in [6.07, 6.45) is 2.16. The highest BCUT2D eigenvalue weighted by molar-refractivity contribution is 6.29. The highest BCUT2D eigenvalue weighted by Gasteiger charge is 2.24. The van der Waals surface area contributed by atoms with Crippen LogP contribution in [0, 0.1) is 0 Å². The van der Waals surface area contributed by atoms with Crippen LogP contribution in [0.1, 0.15) is 18.2 Å². The van der Waals surface area contributed by atoms with Crippen molar-refractivity contribution in [3.05, 3.63) is 41.7 Å². The van der Waals surface area contributed by atoms with Crippen LogP contribution >= 0.6 is 11.6 Å². The summed E-state index contributed by atoms with van der Waals surface area (Å²) >= 11 is 5.68. The summed E-state index contributed by atoms with van der Waals surface area (Å²) in [6.45, 7) is -1.02. The fourth-order valence-corrected chi connectivity index (χ4v) is 2.40. The molecule has 8 heteroatoms. The normalized spacial score (nSPS) is 10.8. The molecule has 1 aromatic heterocycles. The van der Waals surface area contributed by atoms with E-state index in [4.69, 9.17) is 11.6 Å². The van der Waals surface area contributed by atoms with Crippen LogP contribution in [0.15, 0.2) is 30.5 Å². The highest BCUT2D eigenvalue weighted by Crippen LogP contribution is 2.35. The first-order valence-corrected chi connectivity index (χ1v) is 7.52. The van der Waals surface area contributed by atoms with Crippen LogP contribution in [-0.4, -0.2) is 28.6 Å². The molecular formula is C15H16ClF2N3O2. The molecular weight excluding hydrogens is 328 g/mol. The van der Waals surface area contributed by atoms with Gasteiger partial charge in [0.25, 0.3) is 0 Å². The lowest BCUT2D eigenvalue weighted by molar-refractivity contribution is -0.116. The number of alkyl halides is 3. The lowest BCUT2D eigenvalue weighted by atomic mass is 10.1. The van der Waals surface area contributed by atoms with E-state index in [0.717, 1.165) is 0 Å². The Kier molecular flexibility index (Phi) is 5.92. The number of aryl methyl sites for hydroxylation is 1. The van der Waals surface area contributed by atoms with E-state index in [-0.39, 0.29) is 18.2 Å². The number of nitrogens with one attached hydrogen (secondary N) is 1. The summed E-state index contributed by atoms with van der Waals surface area (Å²) in [7, 11) is 0. The van der Waals surface area contributed by atoms with E-state index in [9.17, 15) is 13.6 Å². The van der Waals surface area contributed by atoms with Gasteiger partial charge in [-0.25, -0.2) is 0 Å². The standard InChI is InChI=1S/C15H16ClF2N3O2/c1-2-10-4-3-5-12(23-15(17)18)14(10)21(13(22)8-16)9-11-6-7-19-20-11/h3-7,15H,2,8-9H2,1H3,(H,19,20). The van der Waals surface area contributed by atoms with Gasteiger partial charge in [-0.05, 0) is 24.1 Å².